The Morgan fingerprint density at radius 1 is 1.18 bits per heavy atom. The number of fused-ring (bicyclic) bond motifs is 3. The topological polar surface area (TPSA) is 27.7 Å². The number of alkyl halides is 1. The molecule has 2 aliphatic rings. The Kier molecular flexibility index (Phi) is 2.51. The van der Waals surface area contributed by atoms with Crippen molar-refractivity contribution in [1.82, 2.24) is 0 Å². The summed E-state index contributed by atoms with van der Waals surface area (Å²) in [5.41, 5.74) is 0.963. The van der Waals surface area contributed by atoms with Crippen molar-refractivity contribution >= 4 is 15.9 Å². The summed E-state index contributed by atoms with van der Waals surface area (Å²) < 4.78 is 17.3. The molecule has 1 unspecified atom stereocenters. The lowest BCUT2D eigenvalue weighted by molar-refractivity contribution is 0.0724. The molecule has 2 heterocycles. The molecular formula is C13H15BrO3. The zero-order valence-electron chi connectivity index (χ0n) is 9.96. The maximum Gasteiger partial charge on any atom is 0.204 e. The van der Waals surface area contributed by atoms with Gasteiger partial charge in [-0.2, -0.15) is 0 Å². The predicted molar refractivity (Wildman–Crippen MR) is 68.4 cm³/mol. The number of benzene rings is 1. The Morgan fingerprint density at radius 3 is 2.76 bits per heavy atom. The van der Waals surface area contributed by atoms with Gasteiger partial charge in [0.05, 0.1) is 0 Å². The first kappa shape index (κ1) is 11.2. The smallest absolute Gasteiger partial charge is 0.204 e. The van der Waals surface area contributed by atoms with Crippen molar-refractivity contribution < 1.29 is 14.2 Å². The molecule has 0 radical (unpaired) electrons. The van der Waals surface area contributed by atoms with Gasteiger partial charge in [0.1, 0.15) is 18.8 Å². The van der Waals surface area contributed by atoms with Crippen molar-refractivity contribution in [2.75, 3.05) is 13.2 Å². The Morgan fingerprint density at radius 2 is 1.94 bits per heavy atom. The van der Waals surface area contributed by atoms with E-state index in [1.807, 2.05) is 6.07 Å². The largest absolute Gasteiger partial charge is 0.486 e. The minimum Gasteiger partial charge on any atom is -0.486 e. The summed E-state index contributed by atoms with van der Waals surface area (Å²) in [6.07, 6.45) is 0.944. The highest BCUT2D eigenvalue weighted by Gasteiger charge is 2.36. The molecule has 0 saturated carbocycles. The van der Waals surface area contributed by atoms with Gasteiger partial charge in [-0.15, -0.1) is 0 Å². The van der Waals surface area contributed by atoms with Crippen LogP contribution in [-0.4, -0.2) is 18.8 Å². The fraction of sp³-hybridized carbons (Fsp3) is 0.538. The molecule has 4 heteroatoms. The zero-order valence-corrected chi connectivity index (χ0v) is 11.5. The lowest BCUT2D eigenvalue weighted by atomic mass is 9.93. The third-order valence-corrected chi connectivity index (χ3v) is 3.90. The molecule has 0 aliphatic carbocycles. The maximum absolute atomic E-state index is 6.05. The van der Waals surface area contributed by atoms with Crippen molar-refractivity contribution in [3.8, 4) is 17.2 Å². The molecule has 0 saturated heterocycles. The number of ether oxygens (including phenoxy) is 3. The van der Waals surface area contributed by atoms with E-state index in [-0.39, 0.29) is 5.60 Å². The highest BCUT2D eigenvalue weighted by Crippen LogP contribution is 2.52. The predicted octanol–water partition coefficient (Wildman–Crippen LogP) is 3.45. The lowest BCUT2D eigenvalue weighted by Gasteiger charge is -2.37. The molecule has 1 aromatic rings. The normalized spacial score (nSPS) is 24.8. The minimum absolute atomic E-state index is 0.183. The van der Waals surface area contributed by atoms with Crippen LogP contribution >= 0.6 is 15.9 Å². The second-order valence-corrected chi connectivity index (χ2v) is 6.15. The fourth-order valence-electron chi connectivity index (χ4n) is 2.32. The molecule has 3 rings (SSSR count). The van der Waals surface area contributed by atoms with Gasteiger partial charge in [0.25, 0.3) is 0 Å². The third-order valence-electron chi connectivity index (χ3n) is 3.08. The van der Waals surface area contributed by atoms with E-state index in [9.17, 15) is 0 Å². The number of hydrogen-bond acceptors (Lipinski definition) is 3. The summed E-state index contributed by atoms with van der Waals surface area (Å²) in [7, 11) is 0. The van der Waals surface area contributed by atoms with Gasteiger partial charge < -0.3 is 14.2 Å². The monoisotopic (exact) mass is 298 g/mol. The first-order valence-electron chi connectivity index (χ1n) is 5.82. The van der Waals surface area contributed by atoms with Crippen LogP contribution in [0.1, 0.15) is 30.7 Å². The van der Waals surface area contributed by atoms with E-state index in [4.69, 9.17) is 14.2 Å². The second kappa shape index (κ2) is 3.80. The van der Waals surface area contributed by atoms with E-state index in [2.05, 4.69) is 35.8 Å². The standard InChI is InChI=1S/C13H15BrO3/c1-13(2)7-9(14)8-3-4-10-12(11(8)17-13)16-6-5-15-10/h3-4,9H,5-7H2,1-2H3. The number of rotatable bonds is 0. The van der Waals surface area contributed by atoms with Gasteiger partial charge >= 0.3 is 0 Å². The van der Waals surface area contributed by atoms with Crippen molar-refractivity contribution in [3.05, 3.63) is 17.7 Å². The van der Waals surface area contributed by atoms with Crippen LogP contribution in [0.5, 0.6) is 17.2 Å². The van der Waals surface area contributed by atoms with E-state index in [0.717, 1.165) is 29.2 Å². The Bertz CT molecular complexity index is 456. The first-order chi connectivity index (χ1) is 8.07. The molecular weight excluding hydrogens is 284 g/mol. The molecule has 0 spiro atoms. The lowest BCUT2D eigenvalue weighted by Crippen LogP contribution is -2.34. The van der Waals surface area contributed by atoms with Crippen LogP contribution in [0.4, 0.5) is 0 Å². The summed E-state index contributed by atoms with van der Waals surface area (Å²) >= 11 is 3.71. The molecule has 3 nitrogen and oxygen atoms in total. The van der Waals surface area contributed by atoms with Crippen LogP contribution in [0.25, 0.3) is 0 Å². The van der Waals surface area contributed by atoms with Crippen molar-refractivity contribution in [2.24, 2.45) is 0 Å². The quantitative estimate of drug-likeness (QED) is 0.687. The van der Waals surface area contributed by atoms with Crippen LogP contribution in [0, 0.1) is 0 Å². The Balaban J connectivity index is 2.13. The summed E-state index contributed by atoms with van der Waals surface area (Å²) in [5.74, 6) is 2.37. The highest BCUT2D eigenvalue weighted by atomic mass is 79.9. The van der Waals surface area contributed by atoms with Gasteiger partial charge in [-0.05, 0) is 19.9 Å². The van der Waals surface area contributed by atoms with Crippen LogP contribution in [0.3, 0.4) is 0 Å². The van der Waals surface area contributed by atoms with Crippen molar-refractivity contribution in [1.29, 1.82) is 0 Å². The summed E-state index contributed by atoms with van der Waals surface area (Å²) in [4.78, 5) is 0.303. The molecule has 1 atom stereocenters. The minimum atomic E-state index is -0.183. The molecule has 92 valence electrons. The molecule has 0 N–H and O–H groups in total. The van der Waals surface area contributed by atoms with Gasteiger partial charge in [0, 0.05) is 16.8 Å². The average Bonchev–Trinajstić information content (AvgIpc) is 2.27. The molecule has 2 aliphatic heterocycles. The van der Waals surface area contributed by atoms with Crippen molar-refractivity contribution in [3.63, 3.8) is 0 Å². The van der Waals surface area contributed by atoms with Gasteiger partial charge in [-0.3, -0.25) is 0 Å². The molecule has 0 aromatic heterocycles. The maximum atomic E-state index is 6.05. The Hall–Kier alpha value is -0.900. The Labute approximate surface area is 109 Å². The van der Waals surface area contributed by atoms with Gasteiger partial charge in [-0.1, -0.05) is 22.0 Å². The molecule has 0 amide bonds. The zero-order chi connectivity index (χ0) is 12.0. The van der Waals surface area contributed by atoms with E-state index < -0.39 is 0 Å². The van der Waals surface area contributed by atoms with Crippen molar-refractivity contribution in [2.45, 2.75) is 30.7 Å². The van der Waals surface area contributed by atoms with E-state index in [1.165, 1.54) is 0 Å². The molecule has 17 heavy (non-hydrogen) atoms. The summed E-state index contributed by atoms with van der Waals surface area (Å²) in [5, 5.41) is 0. The fourth-order valence-corrected chi connectivity index (χ4v) is 3.46. The van der Waals surface area contributed by atoms with Gasteiger partial charge in [-0.25, -0.2) is 0 Å². The van der Waals surface area contributed by atoms with E-state index in [0.29, 0.717) is 18.0 Å². The SMILES string of the molecule is CC1(C)CC(Br)c2ccc3c(c2O1)OCCO3. The summed E-state index contributed by atoms with van der Waals surface area (Å²) in [6.45, 7) is 5.37. The van der Waals surface area contributed by atoms with Gasteiger partial charge in [0.2, 0.25) is 5.75 Å². The van der Waals surface area contributed by atoms with Crippen LogP contribution in [0.15, 0.2) is 12.1 Å². The number of hydrogen-bond donors (Lipinski definition) is 0. The third kappa shape index (κ3) is 1.88. The molecule has 0 fully saturated rings. The van der Waals surface area contributed by atoms with E-state index >= 15 is 0 Å². The van der Waals surface area contributed by atoms with Crippen LogP contribution in [-0.2, 0) is 0 Å². The molecule has 1 aromatic carbocycles. The average molecular weight is 299 g/mol. The highest BCUT2D eigenvalue weighted by molar-refractivity contribution is 9.09. The van der Waals surface area contributed by atoms with E-state index in [1.54, 1.807) is 0 Å². The number of halogens is 1. The van der Waals surface area contributed by atoms with Crippen LogP contribution < -0.4 is 14.2 Å². The van der Waals surface area contributed by atoms with Crippen LogP contribution in [0.2, 0.25) is 0 Å². The second-order valence-electron chi connectivity index (χ2n) is 5.04. The van der Waals surface area contributed by atoms with Gasteiger partial charge in [0.15, 0.2) is 11.5 Å². The first-order valence-corrected chi connectivity index (χ1v) is 6.74. The molecule has 0 bridgehead atoms. The summed E-state index contributed by atoms with van der Waals surface area (Å²) in [6, 6.07) is 4.01.